The van der Waals surface area contributed by atoms with Crippen LogP contribution in [0.1, 0.15) is 27.2 Å². The summed E-state index contributed by atoms with van der Waals surface area (Å²) in [5.74, 6) is 0.0680. The van der Waals surface area contributed by atoms with Gasteiger partial charge in [0.2, 0.25) is 5.91 Å². The van der Waals surface area contributed by atoms with Gasteiger partial charge < -0.3 is 15.5 Å². The number of thiazole rings is 1. The van der Waals surface area contributed by atoms with E-state index < -0.39 is 6.04 Å². The fraction of sp³-hybridized carbons (Fsp3) is 0.714. The molecule has 1 aromatic rings. The van der Waals surface area contributed by atoms with E-state index in [2.05, 4.69) is 9.88 Å². The fourth-order valence-electron chi connectivity index (χ4n) is 2.27. The van der Waals surface area contributed by atoms with Crippen molar-refractivity contribution in [1.82, 2.24) is 9.88 Å². The van der Waals surface area contributed by atoms with Crippen LogP contribution >= 0.6 is 11.3 Å². The number of hydrogen-bond acceptors (Lipinski definition) is 5. The van der Waals surface area contributed by atoms with Crippen molar-refractivity contribution in [2.75, 3.05) is 31.1 Å². The van der Waals surface area contributed by atoms with Crippen LogP contribution < -0.4 is 10.6 Å². The van der Waals surface area contributed by atoms with Gasteiger partial charge in [-0.25, -0.2) is 4.98 Å². The Morgan fingerprint density at radius 1 is 1.35 bits per heavy atom. The van der Waals surface area contributed by atoms with Crippen LogP contribution in [0.4, 0.5) is 5.13 Å². The number of hydrogen-bond donors (Lipinski definition) is 1. The molecule has 2 N–H and O–H groups in total. The van der Waals surface area contributed by atoms with Gasteiger partial charge in [-0.3, -0.25) is 4.79 Å². The minimum Gasteiger partial charge on any atom is -0.346 e. The molecule has 0 unspecified atom stereocenters. The van der Waals surface area contributed by atoms with E-state index in [0.29, 0.717) is 0 Å². The smallest absolute Gasteiger partial charge is 0.240 e. The van der Waals surface area contributed by atoms with Gasteiger partial charge in [-0.15, -0.1) is 11.3 Å². The Morgan fingerprint density at radius 2 is 2.10 bits per heavy atom. The van der Waals surface area contributed by atoms with Crippen LogP contribution in [0.25, 0.3) is 0 Å². The first-order valence-electron chi connectivity index (χ1n) is 7.08. The summed E-state index contributed by atoms with van der Waals surface area (Å²) in [6, 6.07) is -0.436. The lowest BCUT2D eigenvalue weighted by Crippen LogP contribution is -2.51. The lowest BCUT2D eigenvalue weighted by molar-refractivity contribution is -0.134. The highest BCUT2D eigenvalue weighted by molar-refractivity contribution is 7.13. The highest BCUT2D eigenvalue weighted by Crippen LogP contribution is 2.22. The van der Waals surface area contributed by atoms with Gasteiger partial charge >= 0.3 is 0 Å². The molecule has 2 rings (SSSR count). The molecule has 1 atom stereocenters. The minimum absolute atomic E-state index is 0.0680. The predicted octanol–water partition coefficient (Wildman–Crippen LogP) is 1.56. The van der Waals surface area contributed by atoms with Gasteiger partial charge in [-0.2, -0.15) is 0 Å². The summed E-state index contributed by atoms with van der Waals surface area (Å²) in [6.07, 6.45) is 2.78. The van der Waals surface area contributed by atoms with Crippen molar-refractivity contribution in [3.8, 4) is 0 Å². The van der Waals surface area contributed by atoms with Gasteiger partial charge in [0.1, 0.15) is 0 Å². The quantitative estimate of drug-likeness (QED) is 0.899. The van der Waals surface area contributed by atoms with Crippen molar-refractivity contribution in [1.29, 1.82) is 0 Å². The Balaban J connectivity index is 1.97. The number of nitrogens with zero attached hydrogens (tertiary/aromatic N) is 3. The van der Waals surface area contributed by atoms with Gasteiger partial charge in [-0.05, 0) is 11.8 Å². The molecule has 5 nitrogen and oxygen atoms in total. The van der Waals surface area contributed by atoms with E-state index in [0.717, 1.165) is 37.7 Å². The molecule has 1 saturated heterocycles. The number of nitrogens with two attached hydrogens (primary N) is 1. The van der Waals surface area contributed by atoms with Crippen molar-refractivity contribution in [2.24, 2.45) is 11.1 Å². The van der Waals surface area contributed by atoms with Crippen molar-refractivity contribution in [2.45, 2.75) is 33.2 Å². The van der Waals surface area contributed by atoms with Gasteiger partial charge in [0, 0.05) is 37.8 Å². The Hall–Kier alpha value is -1.14. The number of carbonyl (C=O) groups is 1. The van der Waals surface area contributed by atoms with E-state index in [1.165, 1.54) is 0 Å². The Bertz CT molecular complexity index is 441. The van der Waals surface area contributed by atoms with Crippen molar-refractivity contribution < 1.29 is 4.79 Å². The molecule has 0 saturated carbocycles. The molecule has 1 amide bonds. The standard InChI is InChI=1S/C14H24N4OS/c1-14(2,3)11(15)12(19)17-6-4-7-18(9-8-17)13-16-5-10-20-13/h5,10-11H,4,6-9,15H2,1-3H3/t11-/m1/s1. The van der Waals surface area contributed by atoms with Crippen molar-refractivity contribution in [3.05, 3.63) is 11.6 Å². The molecule has 0 radical (unpaired) electrons. The Morgan fingerprint density at radius 3 is 2.70 bits per heavy atom. The zero-order valence-electron chi connectivity index (χ0n) is 12.5. The Labute approximate surface area is 124 Å². The Kier molecular flexibility index (Phi) is 4.65. The average molecular weight is 296 g/mol. The summed E-state index contributed by atoms with van der Waals surface area (Å²) in [4.78, 5) is 21.0. The summed E-state index contributed by atoms with van der Waals surface area (Å²) < 4.78 is 0. The van der Waals surface area contributed by atoms with E-state index >= 15 is 0 Å². The monoisotopic (exact) mass is 296 g/mol. The first-order chi connectivity index (χ1) is 9.39. The summed E-state index contributed by atoms with van der Waals surface area (Å²) >= 11 is 1.65. The number of amides is 1. The molecule has 0 aromatic carbocycles. The zero-order valence-corrected chi connectivity index (χ0v) is 13.3. The van der Waals surface area contributed by atoms with E-state index in [4.69, 9.17) is 5.73 Å². The lowest BCUT2D eigenvalue weighted by atomic mass is 9.86. The maximum Gasteiger partial charge on any atom is 0.240 e. The first kappa shape index (κ1) is 15.3. The highest BCUT2D eigenvalue weighted by Gasteiger charge is 2.31. The van der Waals surface area contributed by atoms with Crippen molar-refractivity contribution in [3.63, 3.8) is 0 Å². The van der Waals surface area contributed by atoms with Crippen LogP contribution in [0.3, 0.4) is 0 Å². The number of anilines is 1. The normalized spacial score (nSPS) is 18.8. The van der Waals surface area contributed by atoms with E-state index in [1.807, 2.05) is 37.2 Å². The average Bonchev–Trinajstić information content (AvgIpc) is 2.81. The maximum absolute atomic E-state index is 12.5. The molecule has 20 heavy (non-hydrogen) atoms. The molecule has 6 heteroatoms. The molecule has 1 fully saturated rings. The van der Waals surface area contributed by atoms with E-state index in [-0.39, 0.29) is 11.3 Å². The molecular formula is C14H24N4OS. The largest absolute Gasteiger partial charge is 0.346 e. The molecular weight excluding hydrogens is 272 g/mol. The molecule has 1 aliphatic heterocycles. The third kappa shape index (κ3) is 3.49. The maximum atomic E-state index is 12.5. The molecule has 0 spiro atoms. The number of aromatic nitrogens is 1. The second kappa shape index (κ2) is 6.10. The van der Waals surface area contributed by atoms with Crippen LogP contribution in [0, 0.1) is 5.41 Å². The fourth-order valence-corrected chi connectivity index (χ4v) is 2.97. The topological polar surface area (TPSA) is 62.5 Å². The third-order valence-electron chi connectivity index (χ3n) is 3.70. The van der Waals surface area contributed by atoms with Crippen LogP contribution in [-0.4, -0.2) is 48.0 Å². The van der Waals surface area contributed by atoms with E-state index in [9.17, 15) is 4.79 Å². The second-order valence-electron chi connectivity index (χ2n) is 6.32. The second-order valence-corrected chi connectivity index (χ2v) is 7.20. The molecule has 112 valence electrons. The third-order valence-corrected chi connectivity index (χ3v) is 4.53. The van der Waals surface area contributed by atoms with Gasteiger partial charge in [0.15, 0.2) is 5.13 Å². The minimum atomic E-state index is -0.436. The summed E-state index contributed by atoms with van der Waals surface area (Å²) in [6.45, 7) is 9.31. The van der Waals surface area contributed by atoms with E-state index in [1.54, 1.807) is 11.3 Å². The number of rotatable bonds is 2. The van der Waals surface area contributed by atoms with Gasteiger partial charge in [0.25, 0.3) is 0 Å². The van der Waals surface area contributed by atoms with Crippen LogP contribution in [-0.2, 0) is 4.79 Å². The summed E-state index contributed by atoms with van der Waals surface area (Å²) in [5, 5.41) is 3.03. The van der Waals surface area contributed by atoms with Crippen molar-refractivity contribution >= 4 is 22.4 Å². The van der Waals surface area contributed by atoms with Gasteiger partial charge in [-0.1, -0.05) is 20.8 Å². The first-order valence-corrected chi connectivity index (χ1v) is 7.96. The highest BCUT2D eigenvalue weighted by atomic mass is 32.1. The summed E-state index contributed by atoms with van der Waals surface area (Å²) in [5.41, 5.74) is 5.89. The number of carbonyl (C=O) groups excluding carboxylic acids is 1. The molecule has 0 bridgehead atoms. The zero-order chi connectivity index (χ0) is 14.8. The summed E-state index contributed by atoms with van der Waals surface area (Å²) in [7, 11) is 0. The van der Waals surface area contributed by atoms with Crippen LogP contribution in [0.15, 0.2) is 11.6 Å². The molecule has 1 aromatic heterocycles. The van der Waals surface area contributed by atoms with Gasteiger partial charge in [0.05, 0.1) is 6.04 Å². The predicted molar refractivity (Wildman–Crippen MR) is 83.0 cm³/mol. The lowest BCUT2D eigenvalue weighted by Gasteiger charge is -2.31. The van der Waals surface area contributed by atoms with Crippen LogP contribution in [0.2, 0.25) is 0 Å². The van der Waals surface area contributed by atoms with Crippen LogP contribution in [0.5, 0.6) is 0 Å². The molecule has 2 heterocycles. The molecule has 1 aliphatic rings. The molecule has 0 aliphatic carbocycles. The SMILES string of the molecule is CC(C)(C)[C@H](N)C(=O)N1CCCN(c2nccs2)CC1.